The average Bonchev–Trinajstić information content (AvgIpc) is 2.79. The van der Waals surface area contributed by atoms with Crippen molar-refractivity contribution in [3.8, 4) is 0 Å². The summed E-state index contributed by atoms with van der Waals surface area (Å²) in [5, 5.41) is 0.253. The van der Waals surface area contributed by atoms with Crippen LogP contribution >= 0.6 is 0 Å². The minimum atomic E-state index is -0.469. The van der Waals surface area contributed by atoms with E-state index in [9.17, 15) is 14.0 Å². The second-order valence-corrected chi connectivity index (χ2v) is 5.85. The Morgan fingerprint density at radius 1 is 1.14 bits per heavy atom. The van der Waals surface area contributed by atoms with Crippen LogP contribution in [-0.4, -0.2) is 28.5 Å². The lowest BCUT2D eigenvalue weighted by Crippen LogP contribution is -2.35. The second kappa shape index (κ2) is 5.91. The van der Waals surface area contributed by atoms with Gasteiger partial charge in [-0.25, -0.2) is 4.39 Å². The summed E-state index contributed by atoms with van der Waals surface area (Å²) in [6, 6.07) is 4.08. The van der Waals surface area contributed by atoms with Crippen LogP contribution in [0.15, 0.2) is 29.2 Å². The SMILES string of the molecule is Cn1cc(C(=O)N2CCCCCC2)c(=O)c2cc(F)ccc21. The molecule has 3 rings (SSSR count). The Balaban J connectivity index is 2.08. The molecule has 0 atom stereocenters. The van der Waals surface area contributed by atoms with E-state index in [1.807, 2.05) is 0 Å². The number of pyridine rings is 1. The molecule has 0 saturated carbocycles. The van der Waals surface area contributed by atoms with Crippen LogP contribution in [0.2, 0.25) is 0 Å². The summed E-state index contributed by atoms with van der Waals surface area (Å²) in [4.78, 5) is 27.0. The molecule has 1 aromatic carbocycles. The van der Waals surface area contributed by atoms with Gasteiger partial charge in [0.25, 0.3) is 5.91 Å². The molecule has 0 N–H and O–H groups in total. The monoisotopic (exact) mass is 302 g/mol. The minimum Gasteiger partial charge on any atom is -0.350 e. The molecule has 22 heavy (non-hydrogen) atoms. The lowest BCUT2D eigenvalue weighted by molar-refractivity contribution is 0.0760. The number of aromatic nitrogens is 1. The van der Waals surface area contributed by atoms with Crippen molar-refractivity contribution in [2.24, 2.45) is 7.05 Å². The van der Waals surface area contributed by atoms with E-state index < -0.39 is 5.82 Å². The molecular weight excluding hydrogens is 283 g/mol. The molecule has 5 heteroatoms. The van der Waals surface area contributed by atoms with E-state index in [-0.39, 0.29) is 22.3 Å². The van der Waals surface area contributed by atoms with Gasteiger partial charge in [-0.05, 0) is 31.0 Å². The van der Waals surface area contributed by atoms with E-state index in [4.69, 9.17) is 0 Å². The van der Waals surface area contributed by atoms with Gasteiger partial charge in [-0.2, -0.15) is 0 Å². The van der Waals surface area contributed by atoms with Crippen LogP contribution in [0.25, 0.3) is 10.9 Å². The van der Waals surface area contributed by atoms with Gasteiger partial charge in [-0.3, -0.25) is 9.59 Å². The summed E-state index contributed by atoms with van der Waals surface area (Å²) in [6.07, 6.45) is 5.73. The van der Waals surface area contributed by atoms with Crippen LogP contribution in [0.1, 0.15) is 36.0 Å². The fourth-order valence-electron chi connectivity index (χ4n) is 3.06. The van der Waals surface area contributed by atoms with Crippen molar-refractivity contribution in [2.45, 2.75) is 25.7 Å². The molecule has 0 unspecified atom stereocenters. The number of hydrogen-bond acceptors (Lipinski definition) is 2. The number of halogens is 1. The zero-order chi connectivity index (χ0) is 15.7. The highest BCUT2D eigenvalue weighted by atomic mass is 19.1. The number of carbonyl (C=O) groups is 1. The number of amides is 1. The van der Waals surface area contributed by atoms with E-state index in [1.165, 1.54) is 12.1 Å². The van der Waals surface area contributed by atoms with E-state index in [2.05, 4.69) is 0 Å². The number of nitrogens with zero attached hydrogens (tertiary/aromatic N) is 2. The molecule has 116 valence electrons. The molecule has 1 aliphatic heterocycles. The summed E-state index contributed by atoms with van der Waals surface area (Å²) < 4.78 is 15.2. The summed E-state index contributed by atoms with van der Waals surface area (Å²) >= 11 is 0. The van der Waals surface area contributed by atoms with E-state index in [0.29, 0.717) is 18.6 Å². The first kappa shape index (κ1) is 14.8. The van der Waals surface area contributed by atoms with Crippen molar-refractivity contribution in [1.82, 2.24) is 9.47 Å². The molecular formula is C17H19FN2O2. The Morgan fingerprint density at radius 2 is 1.82 bits per heavy atom. The van der Waals surface area contributed by atoms with Crippen molar-refractivity contribution in [3.63, 3.8) is 0 Å². The van der Waals surface area contributed by atoms with Gasteiger partial charge in [-0.1, -0.05) is 12.8 Å². The van der Waals surface area contributed by atoms with Crippen LogP contribution < -0.4 is 5.43 Å². The molecule has 1 saturated heterocycles. The highest BCUT2D eigenvalue weighted by molar-refractivity contribution is 5.97. The van der Waals surface area contributed by atoms with Crippen LogP contribution in [0, 0.1) is 5.82 Å². The molecule has 0 spiro atoms. The molecule has 1 aliphatic rings. The van der Waals surface area contributed by atoms with Gasteiger partial charge < -0.3 is 9.47 Å². The van der Waals surface area contributed by atoms with Crippen LogP contribution in [0.3, 0.4) is 0 Å². The summed E-state index contributed by atoms with van der Waals surface area (Å²) in [6.45, 7) is 1.37. The Morgan fingerprint density at radius 3 is 2.50 bits per heavy atom. The minimum absolute atomic E-state index is 0.127. The first-order valence-electron chi connectivity index (χ1n) is 7.66. The molecule has 0 bridgehead atoms. The number of likely N-dealkylation sites (tertiary alicyclic amines) is 1. The number of benzene rings is 1. The van der Waals surface area contributed by atoms with E-state index in [0.717, 1.165) is 25.7 Å². The van der Waals surface area contributed by atoms with E-state index in [1.54, 1.807) is 28.8 Å². The fraction of sp³-hybridized carbons (Fsp3) is 0.412. The highest BCUT2D eigenvalue weighted by Crippen LogP contribution is 2.16. The standard InChI is InChI=1S/C17H19FN2O2/c1-19-11-14(17(22)20-8-4-2-3-5-9-20)16(21)13-10-12(18)6-7-15(13)19/h6-7,10-11H,2-5,8-9H2,1H3. The predicted octanol–water partition coefficient (Wildman–Crippen LogP) is 2.69. The molecule has 0 aliphatic carbocycles. The summed E-state index contributed by atoms with van der Waals surface area (Å²) in [5.41, 5.74) is 0.364. The quantitative estimate of drug-likeness (QED) is 0.813. The second-order valence-electron chi connectivity index (χ2n) is 5.85. The van der Waals surface area contributed by atoms with Gasteiger partial charge in [-0.15, -0.1) is 0 Å². The van der Waals surface area contributed by atoms with Crippen molar-refractivity contribution in [3.05, 3.63) is 46.0 Å². The van der Waals surface area contributed by atoms with Gasteiger partial charge in [0, 0.05) is 31.7 Å². The first-order chi connectivity index (χ1) is 10.6. The van der Waals surface area contributed by atoms with Gasteiger partial charge in [0.1, 0.15) is 11.4 Å². The number of hydrogen-bond donors (Lipinski definition) is 0. The lowest BCUT2D eigenvalue weighted by Gasteiger charge is -2.20. The highest BCUT2D eigenvalue weighted by Gasteiger charge is 2.21. The van der Waals surface area contributed by atoms with Gasteiger partial charge in [0.2, 0.25) is 5.43 Å². The van der Waals surface area contributed by atoms with Gasteiger partial charge >= 0.3 is 0 Å². The third-order valence-electron chi connectivity index (χ3n) is 4.27. The van der Waals surface area contributed by atoms with Crippen molar-refractivity contribution >= 4 is 16.8 Å². The normalized spacial score (nSPS) is 15.8. The first-order valence-corrected chi connectivity index (χ1v) is 7.66. The molecule has 1 amide bonds. The maximum Gasteiger partial charge on any atom is 0.259 e. The predicted molar refractivity (Wildman–Crippen MR) is 83.5 cm³/mol. The Kier molecular flexibility index (Phi) is 3.96. The Bertz CT molecular complexity index is 774. The summed E-state index contributed by atoms with van der Waals surface area (Å²) in [5.74, 6) is -0.711. The van der Waals surface area contributed by atoms with Crippen LogP contribution in [0.4, 0.5) is 4.39 Å². The molecule has 4 nitrogen and oxygen atoms in total. The number of aryl methyl sites for hydroxylation is 1. The third-order valence-corrected chi connectivity index (χ3v) is 4.27. The van der Waals surface area contributed by atoms with Gasteiger partial charge in [0.15, 0.2) is 0 Å². The Labute approximate surface area is 128 Å². The molecule has 1 aromatic heterocycles. The largest absolute Gasteiger partial charge is 0.350 e. The van der Waals surface area contributed by atoms with Crippen LogP contribution in [0.5, 0.6) is 0 Å². The Hall–Kier alpha value is -2.17. The van der Waals surface area contributed by atoms with Gasteiger partial charge in [0.05, 0.1) is 5.52 Å². The maximum absolute atomic E-state index is 13.4. The summed E-state index contributed by atoms with van der Waals surface area (Å²) in [7, 11) is 1.76. The fourth-order valence-corrected chi connectivity index (χ4v) is 3.06. The lowest BCUT2D eigenvalue weighted by atomic mass is 10.1. The maximum atomic E-state index is 13.4. The number of fused-ring (bicyclic) bond motifs is 1. The van der Waals surface area contributed by atoms with Crippen molar-refractivity contribution < 1.29 is 9.18 Å². The molecule has 1 fully saturated rings. The number of rotatable bonds is 1. The number of carbonyl (C=O) groups excluding carboxylic acids is 1. The average molecular weight is 302 g/mol. The zero-order valence-corrected chi connectivity index (χ0v) is 12.6. The van der Waals surface area contributed by atoms with E-state index >= 15 is 0 Å². The third kappa shape index (κ3) is 2.63. The smallest absolute Gasteiger partial charge is 0.259 e. The van der Waals surface area contributed by atoms with Crippen LogP contribution in [-0.2, 0) is 7.05 Å². The molecule has 2 heterocycles. The van der Waals surface area contributed by atoms with Crippen molar-refractivity contribution in [2.75, 3.05) is 13.1 Å². The molecule has 2 aromatic rings. The zero-order valence-electron chi connectivity index (χ0n) is 12.6. The van der Waals surface area contributed by atoms with Crippen molar-refractivity contribution in [1.29, 1.82) is 0 Å². The molecule has 0 radical (unpaired) electrons. The topological polar surface area (TPSA) is 42.3 Å².